The van der Waals surface area contributed by atoms with Crippen molar-refractivity contribution < 1.29 is 0 Å². The molecule has 2 N–H and O–H groups in total. The fourth-order valence-corrected chi connectivity index (χ4v) is 3.26. The van der Waals surface area contributed by atoms with Gasteiger partial charge in [-0.15, -0.1) is 11.3 Å². The van der Waals surface area contributed by atoms with Crippen LogP contribution in [0.4, 0.5) is 5.69 Å². The number of nitrogens with zero attached hydrogens (tertiary/aromatic N) is 4. The number of anilines is 1. The van der Waals surface area contributed by atoms with Gasteiger partial charge < -0.3 is 5.73 Å². The molecule has 0 fully saturated rings. The molecule has 0 saturated carbocycles. The highest BCUT2D eigenvalue weighted by molar-refractivity contribution is 7.22. The Balaban J connectivity index is 1.84. The second-order valence-electron chi connectivity index (χ2n) is 4.57. The van der Waals surface area contributed by atoms with Crippen LogP contribution in [-0.2, 0) is 0 Å². The van der Waals surface area contributed by atoms with Gasteiger partial charge in [0.1, 0.15) is 5.69 Å². The van der Waals surface area contributed by atoms with Crippen molar-refractivity contribution >= 4 is 27.1 Å². The van der Waals surface area contributed by atoms with Crippen LogP contribution in [0.5, 0.6) is 0 Å². The summed E-state index contributed by atoms with van der Waals surface area (Å²) in [6.45, 7) is 0. The highest BCUT2D eigenvalue weighted by atomic mass is 32.1. The molecule has 3 heterocycles. The van der Waals surface area contributed by atoms with E-state index in [4.69, 9.17) is 5.73 Å². The highest BCUT2D eigenvalue weighted by Crippen LogP contribution is 2.35. The van der Waals surface area contributed by atoms with E-state index >= 15 is 0 Å². The molecule has 0 atom stereocenters. The van der Waals surface area contributed by atoms with Gasteiger partial charge in [-0.3, -0.25) is 0 Å². The van der Waals surface area contributed by atoms with E-state index in [0.717, 1.165) is 10.6 Å². The first-order chi connectivity index (χ1) is 10.3. The van der Waals surface area contributed by atoms with Crippen LogP contribution in [0.2, 0.25) is 0 Å². The number of hydrogen-bond acceptors (Lipinski definition) is 5. The molecule has 0 aliphatic heterocycles. The topological polar surface area (TPSA) is 69.6 Å². The maximum Gasteiger partial charge on any atom is 0.250 e. The molecular formula is C15H11N5S. The van der Waals surface area contributed by atoms with Crippen LogP contribution in [-0.4, -0.2) is 19.7 Å². The predicted octanol–water partition coefficient (Wildman–Crippen LogP) is 3.13. The molecule has 0 bridgehead atoms. The van der Waals surface area contributed by atoms with E-state index in [-0.39, 0.29) is 0 Å². The second kappa shape index (κ2) is 4.68. The van der Waals surface area contributed by atoms with E-state index in [2.05, 4.69) is 33.3 Å². The monoisotopic (exact) mass is 293 g/mol. The first-order valence-electron chi connectivity index (χ1n) is 6.43. The average molecular weight is 293 g/mol. The minimum absolute atomic E-state index is 0.511. The van der Waals surface area contributed by atoms with Crippen LogP contribution < -0.4 is 5.73 Å². The molecule has 0 amide bonds. The van der Waals surface area contributed by atoms with E-state index in [1.54, 1.807) is 40.7 Å². The van der Waals surface area contributed by atoms with Gasteiger partial charge in [-0.2, -0.15) is 5.10 Å². The Morgan fingerprint density at radius 2 is 1.86 bits per heavy atom. The number of fused-ring (bicyclic) bond motifs is 1. The number of thiophene rings is 1. The number of nitrogen functional groups attached to an aromatic ring is 1. The molecule has 4 aromatic rings. The van der Waals surface area contributed by atoms with Crippen LogP contribution in [0.1, 0.15) is 0 Å². The lowest BCUT2D eigenvalue weighted by atomic mass is 10.2. The van der Waals surface area contributed by atoms with Gasteiger partial charge in [0.15, 0.2) is 0 Å². The van der Waals surface area contributed by atoms with Crippen LogP contribution in [0.3, 0.4) is 0 Å². The second-order valence-corrected chi connectivity index (χ2v) is 5.66. The van der Waals surface area contributed by atoms with Gasteiger partial charge in [-0.25, -0.2) is 14.6 Å². The van der Waals surface area contributed by atoms with Crippen molar-refractivity contribution in [1.29, 1.82) is 0 Å². The summed E-state index contributed by atoms with van der Waals surface area (Å²) in [6.07, 6.45) is 5.10. The molecule has 0 saturated heterocycles. The van der Waals surface area contributed by atoms with Crippen molar-refractivity contribution in [2.24, 2.45) is 0 Å². The van der Waals surface area contributed by atoms with Crippen LogP contribution in [0, 0.1) is 0 Å². The minimum Gasteiger partial charge on any atom is -0.396 e. The summed E-state index contributed by atoms with van der Waals surface area (Å²) in [4.78, 5) is 9.40. The minimum atomic E-state index is 0.511. The molecule has 3 aromatic heterocycles. The number of benzene rings is 1. The number of rotatable bonds is 2. The van der Waals surface area contributed by atoms with Gasteiger partial charge in [0, 0.05) is 17.1 Å². The van der Waals surface area contributed by atoms with Crippen molar-refractivity contribution in [3.8, 4) is 16.5 Å². The van der Waals surface area contributed by atoms with Crippen molar-refractivity contribution in [3.05, 3.63) is 55.0 Å². The zero-order valence-electron chi connectivity index (χ0n) is 11.0. The molecule has 0 aliphatic carbocycles. The third kappa shape index (κ3) is 2.05. The van der Waals surface area contributed by atoms with E-state index in [9.17, 15) is 0 Å². The van der Waals surface area contributed by atoms with Gasteiger partial charge in [0.2, 0.25) is 0 Å². The molecule has 0 aliphatic rings. The maximum absolute atomic E-state index is 6.10. The lowest BCUT2D eigenvalue weighted by molar-refractivity contribution is 0.811. The summed E-state index contributed by atoms with van der Waals surface area (Å²) >= 11 is 1.68. The molecule has 5 nitrogen and oxygen atoms in total. The molecule has 21 heavy (non-hydrogen) atoms. The van der Waals surface area contributed by atoms with Crippen molar-refractivity contribution in [1.82, 2.24) is 19.7 Å². The summed E-state index contributed by atoms with van der Waals surface area (Å²) < 4.78 is 2.83. The summed E-state index contributed by atoms with van der Waals surface area (Å²) in [5, 5.41) is 5.72. The Morgan fingerprint density at radius 1 is 1.05 bits per heavy atom. The van der Waals surface area contributed by atoms with E-state index < -0.39 is 0 Å². The van der Waals surface area contributed by atoms with Gasteiger partial charge in [-0.1, -0.05) is 18.2 Å². The first-order valence-corrected chi connectivity index (χ1v) is 7.24. The van der Waals surface area contributed by atoms with E-state index in [1.807, 2.05) is 12.1 Å². The lowest BCUT2D eigenvalue weighted by Gasteiger charge is -1.96. The predicted molar refractivity (Wildman–Crippen MR) is 84.4 cm³/mol. The zero-order chi connectivity index (χ0) is 14.2. The molecular weight excluding hydrogens is 282 g/mol. The van der Waals surface area contributed by atoms with Crippen LogP contribution >= 0.6 is 11.3 Å². The number of aromatic nitrogens is 4. The quantitative estimate of drug-likeness (QED) is 0.616. The Bertz CT molecular complexity index is 877. The van der Waals surface area contributed by atoms with Gasteiger partial charge >= 0.3 is 0 Å². The molecule has 102 valence electrons. The molecule has 4 rings (SSSR count). The van der Waals surface area contributed by atoms with Gasteiger partial charge in [0.25, 0.3) is 5.95 Å². The number of nitrogens with two attached hydrogens (primary N) is 1. The van der Waals surface area contributed by atoms with Crippen LogP contribution in [0.15, 0.2) is 55.0 Å². The Labute approximate surface area is 124 Å². The maximum atomic E-state index is 6.10. The van der Waals surface area contributed by atoms with Crippen molar-refractivity contribution in [2.75, 3.05) is 5.73 Å². The standard InChI is InChI=1S/C15H11N5S/c16-11-9-20(15-17-6-3-7-18-15)19-14(11)13-8-10-4-1-2-5-12(10)21-13/h1-9H,16H2. The molecule has 0 unspecified atom stereocenters. The summed E-state index contributed by atoms with van der Waals surface area (Å²) in [6, 6.07) is 12.1. The molecule has 6 heteroatoms. The Morgan fingerprint density at radius 3 is 2.67 bits per heavy atom. The summed E-state index contributed by atoms with van der Waals surface area (Å²) in [7, 11) is 0. The highest BCUT2D eigenvalue weighted by Gasteiger charge is 2.13. The smallest absolute Gasteiger partial charge is 0.250 e. The average Bonchev–Trinajstić information content (AvgIpc) is 3.11. The van der Waals surface area contributed by atoms with Crippen molar-refractivity contribution in [3.63, 3.8) is 0 Å². The molecule has 0 radical (unpaired) electrons. The van der Waals surface area contributed by atoms with E-state index in [1.165, 1.54) is 10.1 Å². The third-order valence-electron chi connectivity index (χ3n) is 3.16. The number of hydrogen-bond donors (Lipinski definition) is 1. The summed E-state index contributed by atoms with van der Waals surface area (Å²) in [5.74, 6) is 0.511. The van der Waals surface area contributed by atoms with Crippen LogP contribution in [0.25, 0.3) is 26.6 Å². The van der Waals surface area contributed by atoms with Crippen molar-refractivity contribution in [2.45, 2.75) is 0 Å². The summed E-state index contributed by atoms with van der Waals surface area (Å²) in [5.41, 5.74) is 7.49. The molecule has 0 spiro atoms. The van der Waals surface area contributed by atoms with Gasteiger partial charge in [0.05, 0.1) is 16.8 Å². The SMILES string of the molecule is Nc1cn(-c2ncccn2)nc1-c1cc2ccccc2s1. The van der Waals surface area contributed by atoms with E-state index in [0.29, 0.717) is 11.6 Å². The Hall–Kier alpha value is -2.73. The fraction of sp³-hybridized carbons (Fsp3) is 0. The third-order valence-corrected chi connectivity index (χ3v) is 4.28. The zero-order valence-corrected chi connectivity index (χ0v) is 11.8. The lowest BCUT2D eigenvalue weighted by Crippen LogP contribution is -2.00. The molecule has 1 aromatic carbocycles. The first kappa shape index (κ1) is 12.0. The normalized spacial score (nSPS) is 11.0. The largest absolute Gasteiger partial charge is 0.396 e. The van der Waals surface area contributed by atoms with Gasteiger partial charge in [-0.05, 0) is 23.6 Å². The Kier molecular flexibility index (Phi) is 2.68. The fourth-order valence-electron chi connectivity index (χ4n) is 2.19.